The van der Waals surface area contributed by atoms with Gasteiger partial charge in [-0.2, -0.15) is 0 Å². The Bertz CT molecular complexity index is 522. The molecule has 1 N–H and O–H groups in total. The fourth-order valence-corrected chi connectivity index (χ4v) is 2.54. The number of hydrogen-bond donors (Lipinski definition) is 1. The van der Waals surface area contributed by atoms with Crippen molar-refractivity contribution in [2.75, 3.05) is 0 Å². The van der Waals surface area contributed by atoms with Crippen LogP contribution in [0.25, 0.3) is 0 Å². The largest absolute Gasteiger partial charge is 0.480 e. The zero-order chi connectivity index (χ0) is 15.4. The van der Waals surface area contributed by atoms with Crippen molar-refractivity contribution in [2.45, 2.75) is 44.2 Å². The van der Waals surface area contributed by atoms with Gasteiger partial charge in [-0.05, 0) is 25.3 Å². The lowest BCUT2D eigenvalue weighted by Crippen LogP contribution is -2.45. The van der Waals surface area contributed by atoms with Gasteiger partial charge in [0.25, 0.3) is 0 Å². The Labute approximate surface area is 125 Å². The highest BCUT2D eigenvalue weighted by Gasteiger charge is 2.38. The Balaban J connectivity index is 2.10. The summed E-state index contributed by atoms with van der Waals surface area (Å²) in [5.74, 6) is -1.15. The molecule has 0 saturated heterocycles. The van der Waals surface area contributed by atoms with Crippen LogP contribution in [0.3, 0.4) is 0 Å². The van der Waals surface area contributed by atoms with Crippen molar-refractivity contribution in [3.63, 3.8) is 0 Å². The minimum absolute atomic E-state index is 0.0825. The summed E-state index contributed by atoms with van der Waals surface area (Å²) in [5, 5.41) is 9.17. The van der Waals surface area contributed by atoms with Crippen molar-refractivity contribution in [1.29, 1.82) is 0 Å². The number of aliphatic carboxylic acids is 1. The first-order valence-corrected chi connectivity index (χ1v) is 7.26. The van der Waals surface area contributed by atoms with Crippen LogP contribution < -0.4 is 0 Å². The molecule has 2 rings (SSSR count). The smallest absolute Gasteiger partial charge is 0.326 e. The van der Waals surface area contributed by atoms with Crippen LogP contribution in [-0.4, -0.2) is 34.0 Å². The molecular weight excluding hydrogens is 266 g/mol. The molecule has 0 heterocycles. The maximum absolute atomic E-state index is 12.5. The van der Waals surface area contributed by atoms with Gasteiger partial charge in [0.05, 0.1) is 0 Å². The normalized spacial score (nSPS) is 16.8. The number of benzene rings is 1. The zero-order valence-electron chi connectivity index (χ0n) is 12.2. The van der Waals surface area contributed by atoms with Gasteiger partial charge in [-0.25, -0.2) is 4.79 Å². The van der Waals surface area contributed by atoms with Crippen molar-refractivity contribution in [3.8, 4) is 0 Å². The van der Waals surface area contributed by atoms with Gasteiger partial charge in [-0.1, -0.05) is 36.4 Å². The maximum atomic E-state index is 12.5. The number of nitrogens with zero attached hydrogens (tertiary/aromatic N) is 1. The van der Waals surface area contributed by atoms with Crippen molar-refractivity contribution in [2.24, 2.45) is 0 Å². The molecular formula is C17H21NO3. The Morgan fingerprint density at radius 1 is 1.38 bits per heavy atom. The van der Waals surface area contributed by atoms with E-state index < -0.39 is 12.0 Å². The number of hydrogen-bond acceptors (Lipinski definition) is 2. The summed E-state index contributed by atoms with van der Waals surface area (Å²) in [6.07, 6.45) is 3.81. The van der Waals surface area contributed by atoms with Gasteiger partial charge in [-0.3, -0.25) is 4.79 Å². The summed E-state index contributed by atoms with van der Waals surface area (Å²) < 4.78 is 0. The average Bonchev–Trinajstić information content (AvgIpc) is 3.30. The Morgan fingerprint density at radius 2 is 2.00 bits per heavy atom. The summed E-state index contributed by atoms with van der Waals surface area (Å²) in [4.78, 5) is 25.2. The topological polar surface area (TPSA) is 57.6 Å². The average molecular weight is 287 g/mol. The van der Waals surface area contributed by atoms with Gasteiger partial charge < -0.3 is 10.0 Å². The molecule has 4 nitrogen and oxygen atoms in total. The molecule has 112 valence electrons. The molecule has 0 spiro atoms. The summed E-state index contributed by atoms with van der Waals surface area (Å²) in [6.45, 7) is 5.38. The first kappa shape index (κ1) is 15.3. The molecule has 1 amide bonds. The van der Waals surface area contributed by atoms with Crippen LogP contribution in [-0.2, 0) is 9.59 Å². The van der Waals surface area contributed by atoms with E-state index in [2.05, 4.69) is 6.58 Å². The summed E-state index contributed by atoms with van der Waals surface area (Å²) in [5.41, 5.74) is 1.03. The summed E-state index contributed by atoms with van der Waals surface area (Å²) in [7, 11) is 0. The maximum Gasteiger partial charge on any atom is 0.326 e. The molecule has 0 radical (unpaired) electrons. The summed E-state index contributed by atoms with van der Waals surface area (Å²) >= 11 is 0. The van der Waals surface area contributed by atoms with E-state index in [1.807, 2.05) is 30.3 Å². The zero-order valence-corrected chi connectivity index (χ0v) is 12.2. The number of rotatable bonds is 7. The van der Waals surface area contributed by atoms with E-state index in [9.17, 15) is 14.7 Å². The van der Waals surface area contributed by atoms with Crippen LogP contribution in [0.2, 0.25) is 0 Å². The third-order valence-electron chi connectivity index (χ3n) is 3.91. The van der Waals surface area contributed by atoms with E-state index in [-0.39, 0.29) is 24.3 Å². The lowest BCUT2D eigenvalue weighted by molar-refractivity contribution is -0.150. The van der Waals surface area contributed by atoms with Gasteiger partial charge in [0.2, 0.25) is 5.91 Å². The van der Waals surface area contributed by atoms with E-state index in [1.54, 1.807) is 13.0 Å². The molecule has 0 aromatic heterocycles. The quantitative estimate of drug-likeness (QED) is 0.785. The Morgan fingerprint density at radius 3 is 2.48 bits per heavy atom. The van der Waals surface area contributed by atoms with Gasteiger partial charge in [0.15, 0.2) is 0 Å². The third-order valence-corrected chi connectivity index (χ3v) is 3.91. The second-order valence-electron chi connectivity index (χ2n) is 5.50. The highest BCUT2D eigenvalue weighted by molar-refractivity contribution is 5.84. The van der Waals surface area contributed by atoms with Crippen LogP contribution in [0.4, 0.5) is 0 Å². The molecule has 1 fully saturated rings. The molecule has 1 aliphatic rings. The Kier molecular flexibility index (Phi) is 4.78. The molecule has 1 aliphatic carbocycles. The van der Waals surface area contributed by atoms with E-state index in [0.29, 0.717) is 0 Å². The predicted molar refractivity (Wildman–Crippen MR) is 81.0 cm³/mol. The van der Waals surface area contributed by atoms with E-state index in [1.165, 1.54) is 4.90 Å². The standard InChI is InChI=1S/C17H21NO3/c1-3-13(14-7-5-4-6-8-14)11-16(19)18(15-9-10-15)12(2)17(20)21/h3-8,12-13,15H,1,9-11H2,2H3,(H,20,21). The lowest BCUT2D eigenvalue weighted by Gasteiger charge is -2.28. The molecule has 4 heteroatoms. The molecule has 21 heavy (non-hydrogen) atoms. The number of carbonyl (C=O) groups is 2. The molecule has 1 saturated carbocycles. The fraction of sp³-hybridized carbons (Fsp3) is 0.412. The highest BCUT2D eigenvalue weighted by atomic mass is 16.4. The van der Waals surface area contributed by atoms with E-state index in [4.69, 9.17) is 0 Å². The SMILES string of the molecule is C=CC(CC(=O)N(C1CC1)C(C)C(=O)O)c1ccccc1. The van der Waals surface area contributed by atoms with Gasteiger partial charge in [-0.15, -0.1) is 6.58 Å². The number of carbonyl (C=O) groups excluding carboxylic acids is 1. The van der Waals surface area contributed by atoms with Crippen LogP contribution in [0.5, 0.6) is 0 Å². The third kappa shape index (κ3) is 3.72. The number of amides is 1. The highest BCUT2D eigenvalue weighted by Crippen LogP contribution is 2.31. The number of allylic oxidation sites excluding steroid dienone is 1. The second-order valence-corrected chi connectivity index (χ2v) is 5.50. The molecule has 0 bridgehead atoms. The number of carboxylic acids is 1. The van der Waals surface area contributed by atoms with Crippen molar-refractivity contribution in [3.05, 3.63) is 48.6 Å². The molecule has 1 aromatic carbocycles. The van der Waals surface area contributed by atoms with Crippen LogP contribution >= 0.6 is 0 Å². The summed E-state index contributed by atoms with van der Waals surface area (Å²) in [6, 6.07) is 9.01. The van der Waals surface area contributed by atoms with Crippen LogP contribution in [0.15, 0.2) is 43.0 Å². The first-order valence-electron chi connectivity index (χ1n) is 7.26. The predicted octanol–water partition coefficient (Wildman–Crippen LogP) is 2.81. The van der Waals surface area contributed by atoms with Crippen molar-refractivity contribution in [1.82, 2.24) is 4.90 Å². The van der Waals surface area contributed by atoms with Gasteiger partial charge in [0, 0.05) is 18.4 Å². The second kappa shape index (κ2) is 6.57. The van der Waals surface area contributed by atoms with E-state index in [0.717, 1.165) is 18.4 Å². The fourth-order valence-electron chi connectivity index (χ4n) is 2.54. The van der Waals surface area contributed by atoms with Crippen LogP contribution in [0.1, 0.15) is 37.7 Å². The minimum atomic E-state index is -0.954. The lowest BCUT2D eigenvalue weighted by atomic mass is 9.95. The first-order chi connectivity index (χ1) is 10.0. The molecule has 2 atom stereocenters. The Hall–Kier alpha value is -2.10. The van der Waals surface area contributed by atoms with Crippen molar-refractivity contribution < 1.29 is 14.7 Å². The monoisotopic (exact) mass is 287 g/mol. The van der Waals surface area contributed by atoms with E-state index >= 15 is 0 Å². The van der Waals surface area contributed by atoms with Gasteiger partial charge >= 0.3 is 5.97 Å². The van der Waals surface area contributed by atoms with Gasteiger partial charge in [0.1, 0.15) is 6.04 Å². The minimum Gasteiger partial charge on any atom is -0.480 e. The van der Waals surface area contributed by atoms with Crippen molar-refractivity contribution >= 4 is 11.9 Å². The van der Waals surface area contributed by atoms with Crippen LogP contribution in [0, 0.1) is 0 Å². The molecule has 1 aromatic rings. The molecule has 0 aliphatic heterocycles. The number of carboxylic acid groups (broad SMARTS) is 1. The molecule has 2 unspecified atom stereocenters.